The molecule has 4 nitrogen and oxygen atoms in total. The molecule has 2 N–H and O–H groups in total. The predicted octanol–water partition coefficient (Wildman–Crippen LogP) is 5.13. The van der Waals surface area contributed by atoms with Crippen molar-refractivity contribution >= 4 is 56.4 Å². The number of aromatic nitrogens is 2. The molecular weight excluding hydrogens is 345 g/mol. The first-order valence-electron chi connectivity index (χ1n) is 7.25. The van der Waals surface area contributed by atoms with Crippen LogP contribution >= 0.6 is 23.2 Å². The molecule has 0 aliphatic rings. The van der Waals surface area contributed by atoms with Gasteiger partial charge in [-0.1, -0.05) is 41.4 Å². The van der Waals surface area contributed by atoms with E-state index in [1.54, 1.807) is 24.4 Å². The van der Waals surface area contributed by atoms with Crippen molar-refractivity contribution in [3.8, 4) is 0 Å². The first-order chi connectivity index (χ1) is 11.6. The number of halogens is 2. The molecule has 24 heavy (non-hydrogen) atoms. The van der Waals surface area contributed by atoms with Crippen molar-refractivity contribution < 1.29 is 0 Å². The van der Waals surface area contributed by atoms with Gasteiger partial charge in [-0.25, -0.2) is 4.98 Å². The SMILES string of the molecule is O=c1[nH]c2nccc(Nc3ccc(Cl)cc3Cl)c2c2ccccc12. The summed E-state index contributed by atoms with van der Waals surface area (Å²) in [6.07, 6.45) is 1.64. The molecule has 6 heteroatoms. The van der Waals surface area contributed by atoms with Crippen molar-refractivity contribution in [2.75, 3.05) is 5.32 Å². The summed E-state index contributed by atoms with van der Waals surface area (Å²) >= 11 is 12.2. The lowest BCUT2D eigenvalue weighted by molar-refractivity contribution is 1.25. The number of fused-ring (bicyclic) bond motifs is 3. The summed E-state index contributed by atoms with van der Waals surface area (Å²) in [4.78, 5) is 19.3. The highest BCUT2D eigenvalue weighted by Crippen LogP contribution is 2.33. The van der Waals surface area contributed by atoms with E-state index < -0.39 is 0 Å². The number of hydrogen-bond acceptors (Lipinski definition) is 3. The Morgan fingerprint density at radius 3 is 2.54 bits per heavy atom. The Hall–Kier alpha value is -2.56. The molecule has 2 aromatic heterocycles. The number of aromatic amines is 1. The summed E-state index contributed by atoms with van der Waals surface area (Å²) in [7, 11) is 0. The number of benzene rings is 2. The zero-order valence-electron chi connectivity index (χ0n) is 12.3. The standard InChI is InChI=1S/C18H11Cl2N3O/c19-10-5-6-14(13(20)9-10)22-15-7-8-21-17-16(15)11-3-1-2-4-12(11)18(24)23-17/h1-9H,(H2,21,22,23,24). The second-order valence-corrected chi connectivity index (χ2v) is 6.17. The number of nitrogens with zero attached hydrogens (tertiary/aromatic N) is 1. The topological polar surface area (TPSA) is 57.8 Å². The minimum atomic E-state index is -0.160. The number of anilines is 2. The molecular formula is C18H11Cl2N3O. The van der Waals surface area contributed by atoms with Crippen LogP contribution in [-0.4, -0.2) is 9.97 Å². The molecule has 0 atom stereocenters. The van der Waals surface area contributed by atoms with E-state index in [1.807, 2.05) is 30.3 Å². The van der Waals surface area contributed by atoms with Crippen LogP contribution in [0.2, 0.25) is 10.0 Å². The van der Waals surface area contributed by atoms with Crippen molar-refractivity contribution in [3.63, 3.8) is 0 Å². The van der Waals surface area contributed by atoms with Crippen LogP contribution in [0, 0.1) is 0 Å². The van der Waals surface area contributed by atoms with Gasteiger partial charge in [-0.2, -0.15) is 0 Å². The highest BCUT2D eigenvalue weighted by atomic mass is 35.5. The molecule has 4 rings (SSSR count). The third-order valence-electron chi connectivity index (χ3n) is 3.82. The highest BCUT2D eigenvalue weighted by molar-refractivity contribution is 6.36. The number of nitrogens with one attached hydrogen (secondary N) is 2. The largest absolute Gasteiger partial charge is 0.354 e. The maximum Gasteiger partial charge on any atom is 0.257 e. The minimum Gasteiger partial charge on any atom is -0.354 e. The van der Waals surface area contributed by atoms with Crippen molar-refractivity contribution in [2.45, 2.75) is 0 Å². The zero-order valence-corrected chi connectivity index (χ0v) is 13.8. The maximum absolute atomic E-state index is 12.2. The van der Waals surface area contributed by atoms with Gasteiger partial charge in [0, 0.05) is 27.4 Å². The van der Waals surface area contributed by atoms with Gasteiger partial charge in [0.25, 0.3) is 5.56 Å². The number of rotatable bonds is 2. The third kappa shape index (κ3) is 2.50. The average molecular weight is 356 g/mol. The first kappa shape index (κ1) is 15.0. The minimum absolute atomic E-state index is 0.160. The van der Waals surface area contributed by atoms with E-state index in [0.717, 1.165) is 22.1 Å². The fraction of sp³-hybridized carbons (Fsp3) is 0. The van der Waals surface area contributed by atoms with Crippen LogP contribution in [0.1, 0.15) is 0 Å². The molecule has 0 bridgehead atoms. The molecule has 0 saturated heterocycles. The maximum atomic E-state index is 12.2. The molecule has 0 saturated carbocycles. The Bertz CT molecular complexity index is 1140. The monoisotopic (exact) mass is 355 g/mol. The van der Waals surface area contributed by atoms with Crippen molar-refractivity contribution in [1.82, 2.24) is 9.97 Å². The predicted molar refractivity (Wildman–Crippen MR) is 99.6 cm³/mol. The van der Waals surface area contributed by atoms with Crippen molar-refractivity contribution in [1.29, 1.82) is 0 Å². The fourth-order valence-corrected chi connectivity index (χ4v) is 3.20. The quantitative estimate of drug-likeness (QED) is 0.490. The van der Waals surface area contributed by atoms with Crippen LogP contribution in [0.3, 0.4) is 0 Å². The van der Waals surface area contributed by atoms with Gasteiger partial charge < -0.3 is 10.3 Å². The third-order valence-corrected chi connectivity index (χ3v) is 4.37. The summed E-state index contributed by atoms with van der Waals surface area (Å²) in [6.45, 7) is 0. The summed E-state index contributed by atoms with van der Waals surface area (Å²) in [5.41, 5.74) is 1.89. The number of hydrogen-bond donors (Lipinski definition) is 2. The summed E-state index contributed by atoms with van der Waals surface area (Å²) in [5, 5.41) is 6.66. The molecule has 0 amide bonds. The van der Waals surface area contributed by atoms with Crippen LogP contribution in [0.4, 0.5) is 11.4 Å². The lowest BCUT2D eigenvalue weighted by atomic mass is 10.1. The molecule has 0 fully saturated rings. The number of pyridine rings is 2. The Morgan fingerprint density at radius 2 is 1.75 bits per heavy atom. The molecule has 2 aromatic carbocycles. The summed E-state index contributed by atoms with van der Waals surface area (Å²) in [6, 6.07) is 14.5. The van der Waals surface area contributed by atoms with Crippen molar-refractivity contribution in [3.05, 3.63) is 75.1 Å². The molecule has 0 radical (unpaired) electrons. The van der Waals surface area contributed by atoms with Gasteiger partial charge in [0.1, 0.15) is 5.65 Å². The fourth-order valence-electron chi connectivity index (χ4n) is 2.74. The van der Waals surface area contributed by atoms with E-state index >= 15 is 0 Å². The van der Waals surface area contributed by atoms with Gasteiger partial charge in [-0.15, -0.1) is 0 Å². The Kier molecular flexibility index (Phi) is 3.63. The average Bonchev–Trinajstić information content (AvgIpc) is 2.57. The Labute approximate surface area is 147 Å². The lowest BCUT2D eigenvalue weighted by Gasteiger charge is -2.12. The van der Waals surface area contributed by atoms with Crippen LogP contribution in [0.15, 0.2) is 59.5 Å². The smallest absolute Gasteiger partial charge is 0.257 e. The van der Waals surface area contributed by atoms with Crippen LogP contribution in [0.5, 0.6) is 0 Å². The molecule has 0 spiro atoms. The first-order valence-corrected chi connectivity index (χ1v) is 8.01. The molecule has 0 aliphatic heterocycles. The van der Waals surface area contributed by atoms with Crippen LogP contribution in [-0.2, 0) is 0 Å². The van der Waals surface area contributed by atoms with Gasteiger partial charge in [-0.3, -0.25) is 4.79 Å². The van der Waals surface area contributed by atoms with Gasteiger partial charge in [0.05, 0.1) is 16.4 Å². The molecule has 4 aromatic rings. The van der Waals surface area contributed by atoms with Gasteiger partial charge in [0.15, 0.2) is 0 Å². The van der Waals surface area contributed by atoms with Crippen LogP contribution in [0.25, 0.3) is 21.8 Å². The molecule has 0 unspecified atom stereocenters. The summed E-state index contributed by atoms with van der Waals surface area (Å²) in [5.74, 6) is 0. The Morgan fingerprint density at radius 1 is 0.958 bits per heavy atom. The van der Waals surface area contributed by atoms with E-state index in [0.29, 0.717) is 21.1 Å². The molecule has 0 aliphatic carbocycles. The van der Waals surface area contributed by atoms with Gasteiger partial charge >= 0.3 is 0 Å². The highest BCUT2D eigenvalue weighted by Gasteiger charge is 2.11. The second kappa shape index (κ2) is 5.82. The van der Waals surface area contributed by atoms with E-state index in [4.69, 9.17) is 23.2 Å². The van der Waals surface area contributed by atoms with E-state index in [2.05, 4.69) is 15.3 Å². The zero-order chi connectivity index (χ0) is 16.7. The number of H-pyrrole nitrogens is 1. The molecule has 118 valence electrons. The summed E-state index contributed by atoms with van der Waals surface area (Å²) < 4.78 is 0. The van der Waals surface area contributed by atoms with E-state index in [-0.39, 0.29) is 5.56 Å². The van der Waals surface area contributed by atoms with E-state index in [1.165, 1.54) is 0 Å². The van der Waals surface area contributed by atoms with E-state index in [9.17, 15) is 4.79 Å². The lowest BCUT2D eigenvalue weighted by Crippen LogP contribution is -2.08. The Balaban J connectivity index is 1.99. The van der Waals surface area contributed by atoms with Crippen LogP contribution < -0.4 is 10.9 Å². The van der Waals surface area contributed by atoms with Gasteiger partial charge in [0.2, 0.25) is 0 Å². The molecule has 2 heterocycles. The normalized spacial score (nSPS) is 11.1. The second-order valence-electron chi connectivity index (χ2n) is 5.33. The van der Waals surface area contributed by atoms with Crippen molar-refractivity contribution in [2.24, 2.45) is 0 Å². The van der Waals surface area contributed by atoms with Gasteiger partial charge in [-0.05, 0) is 30.3 Å².